The van der Waals surface area contributed by atoms with Crippen molar-refractivity contribution in [3.8, 4) is 0 Å². The standard InChI is InChI=1S/C15H14Cl2N4O3/c1-15(2,3)24-14(23)19-8-4-6-9-7(5-18-21-13(6)22)12(17)20-11(9)10(8)16/h4-5,20H,1-3H3,(H,19,23)(H,21,22). The number of carbonyl (C=O) groups is 2. The van der Waals surface area contributed by atoms with Crippen molar-refractivity contribution in [1.29, 1.82) is 0 Å². The minimum Gasteiger partial charge on any atom is -0.444 e. The number of amides is 2. The van der Waals surface area contributed by atoms with Crippen LogP contribution in [0.2, 0.25) is 10.2 Å². The largest absolute Gasteiger partial charge is 0.444 e. The van der Waals surface area contributed by atoms with Crippen LogP contribution in [-0.4, -0.2) is 28.8 Å². The summed E-state index contributed by atoms with van der Waals surface area (Å²) < 4.78 is 5.21. The van der Waals surface area contributed by atoms with E-state index in [2.05, 4.69) is 20.8 Å². The van der Waals surface area contributed by atoms with E-state index in [0.29, 0.717) is 21.6 Å². The molecule has 1 aromatic heterocycles. The van der Waals surface area contributed by atoms with Crippen molar-refractivity contribution in [2.24, 2.45) is 5.10 Å². The Hall–Kier alpha value is -2.25. The number of hydrogen-bond acceptors (Lipinski definition) is 4. The van der Waals surface area contributed by atoms with E-state index >= 15 is 0 Å². The Balaban J connectivity index is 2.12. The fourth-order valence-electron chi connectivity index (χ4n) is 2.36. The second-order valence-electron chi connectivity index (χ2n) is 6.21. The van der Waals surface area contributed by atoms with E-state index in [-0.39, 0.29) is 16.3 Å². The molecule has 1 aromatic carbocycles. The summed E-state index contributed by atoms with van der Waals surface area (Å²) in [6, 6.07) is 1.46. The summed E-state index contributed by atoms with van der Waals surface area (Å²) in [6.45, 7) is 5.23. The Morgan fingerprint density at radius 2 is 2.04 bits per heavy atom. The van der Waals surface area contributed by atoms with Gasteiger partial charge in [-0.05, 0) is 26.8 Å². The fourth-order valence-corrected chi connectivity index (χ4v) is 2.84. The van der Waals surface area contributed by atoms with Gasteiger partial charge in [0.15, 0.2) is 0 Å². The fraction of sp³-hybridized carbons (Fsp3) is 0.267. The Morgan fingerprint density at radius 1 is 1.33 bits per heavy atom. The number of nitrogens with one attached hydrogen (secondary N) is 3. The molecular formula is C15H14Cl2N4O3. The molecule has 0 unspecified atom stereocenters. The monoisotopic (exact) mass is 368 g/mol. The first-order valence-corrected chi connectivity index (χ1v) is 7.80. The number of ether oxygens (including phenoxy) is 1. The molecule has 0 radical (unpaired) electrons. The first-order chi connectivity index (χ1) is 11.2. The molecular weight excluding hydrogens is 355 g/mol. The van der Waals surface area contributed by atoms with E-state index in [9.17, 15) is 9.59 Å². The Morgan fingerprint density at radius 3 is 2.71 bits per heavy atom. The smallest absolute Gasteiger partial charge is 0.412 e. The van der Waals surface area contributed by atoms with Gasteiger partial charge >= 0.3 is 6.09 Å². The Labute approximate surface area is 147 Å². The van der Waals surface area contributed by atoms with Crippen molar-refractivity contribution < 1.29 is 14.3 Å². The average Bonchev–Trinajstić information content (AvgIpc) is 2.67. The van der Waals surface area contributed by atoms with Crippen molar-refractivity contribution in [2.75, 3.05) is 5.32 Å². The lowest BCUT2D eigenvalue weighted by Gasteiger charge is -2.20. The first-order valence-electron chi connectivity index (χ1n) is 7.04. The van der Waals surface area contributed by atoms with Crippen LogP contribution in [0.4, 0.5) is 10.5 Å². The molecule has 24 heavy (non-hydrogen) atoms. The average molecular weight is 369 g/mol. The van der Waals surface area contributed by atoms with Gasteiger partial charge in [0.05, 0.1) is 28.0 Å². The molecule has 0 spiro atoms. The van der Waals surface area contributed by atoms with E-state index < -0.39 is 17.6 Å². The van der Waals surface area contributed by atoms with Crippen LogP contribution in [0.5, 0.6) is 0 Å². The van der Waals surface area contributed by atoms with Crippen LogP contribution in [0.1, 0.15) is 36.7 Å². The van der Waals surface area contributed by atoms with Crippen LogP contribution in [0.3, 0.4) is 0 Å². The second kappa shape index (κ2) is 5.68. The summed E-state index contributed by atoms with van der Waals surface area (Å²) in [6.07, 6.45) is 0.756. The van der Waals surface area contributed by atoms with E-state index in [1.54, 1.807) is 20.8 Å². The van der Waals surface area contributed by atoms with Gasteiger partial charge in [-0.25, -0.2) is 10.2 Å². The van der Waals surface area contributed by atoms with Gasteiger partial charge in [0, 0.05) is 10.9 Å². The normalized spacial score (nSPS) is 13.6. The lowest BCUT2D eigenvalue weighted by Crippen LogP contribution is -2.27. The number of rotatable bonds is 1. The number of carbonyl (C=O) groups excluding carboxylic acids is 2. The van der Waals surface area contributed by atoms with Crippen molar-refractivity contribution in [3.63, 3.8) is 0 Å². The SMILES string of the molecule is CC(C)(C)OC(=O)Nc1cc2c3c(c(Cl)[nH]c3c1Cl)C=NNC2=O. The Kier molecular flexibility index (Phi) is 3.93. The number of hydrazone groups is 1. The highest BCUT2D eigenvalue weighted by atomic mass is 35.5. The predicted octanol–water partition coefficient (Wildman–Crippen LogP) is 3.90. The van der Waals surface area contributed by atoms with Crippen molar-refractivity contribution in [2.45, 2.75) is 26.4 Å². The number of aromatic amines is 1. The molecule has 0 bridgehead atoms. The summed E-state index contributed by atoms with van der Waals surface area (Å²) in [7, 11) is 0. The van der Waals surface area contributed by atoms with Gasteiger partial charge in [0.1, 0.15) is 10.8 Å². The first kappa shape index (κ1) is 16.6. The van der Waals surface area contributed by atoms with Crippen LogP contribution in [0.25, 0.3) is 10.9 Å². The number of hydrogen-bond donors (Lipinski definition) is 3. The number of halogens is 2. The van der Waals surface area contributed by atoms with Gasteiger partial charge in [-0.15, -0.1) is 0 Å². The van der Waals surface area contributed by atoms with Gasteiger partial charge in [-0.2, -0.15) is 5.10 Å². The third kappa shape index (κ3) is 2.92. The molecule has 1 aliphatic rings. The quantitative estimate of drug-likeness (QED) is 0.711. The molecule has 2 heterocycles. The molecule has 2 aromatic rings. The van der Waals surface area contributed by atoms with Crippen LogP contribution >= 0.6 is 23.2 Å². The predicted molar refractivity (Wildman–Crippen MR) is 93.2 cm³/mol. The maximum atomic E-state index is 12.2. The molecule has 0 saturated carbocycles. The van der Waals surface area contributed by atoms with Crippen molar-refractivity contribution >= 4 is 58.0 Å². The molecule has 3 rings (SSSR count). The summed E-state index contributed by atoms with van der Waals surface area (Å²) in [4.78, 5) is 27.1. The van der Waals surface area contributed by atoms with Crippen LogP contribution < -0.4 is 10.7 Å². The van der Waals surface area contributed by atoms with E-state index in [1.807, 2.05) is 0 Å². The molecule has 0 atom stereocenters. The topological polar surface area (TPSA) is 95.6 Å². The number of aromatic nitrogens is 1. The number of nitrogens with zero attached hydrogens (tertiary/aromatic N) is 1. The van der Waals surface area contributed by atoms with Gasteiger partial charge in [-0.1, -0.05) is 23.2 Å². The van der Waals surface area contributed by atoms with Gasteiger partial charge in [-0.3, -0.25) is 10.1 Å². The molecule has 0 saturated heterocycles. The maximum Gasteiger partial charge on any atom is 0.412 e. The zero-order valence-corrected chi connectivity index (χ0v) is 14.6. The third-order valence-electron chi connectivity index (χ3n) is 3.24. The molecule has 3 N–H and O–H groups in total. The minimum absolute atomic E-state index is 0.218. The Bertz CT molecular complexity index is 896. The summed E-state index contributed by atoms with van der Waals surface area (Å²) in [5.74, 6) is -0.436. The highest BCUT2D eigenvalue weighted by molar-refractivity contribution is 6.41. The summed E-state index contributed by atoms with van der Waals surface area (Å²) in [5, 5.41) is 7.41. The van der Waals surface area contributed by atoms with Gasteiger partial charge < -0.3 is 9.72 Å². The zero-order valence-electron chi connectivity index (χ0n) is 13.1. The van der Waals surface area contributed by atoms with Crippen LogP contribution in [0.15, 0.2) is 11.2 Å². The van der Waals surface area contributed by atoms with Crippen LogP contribution in [-0.2, 0) is 4.74 Å². The number of anilines is 1. The second-order valence-corrected chi connectivity index (χ2v) is 6.97. The molecule has 1 aliphatic heterocycles. The highest BCUT2D eigenvalue weighted by Crippen LogP contribution is 2.38. The zero-order chi connectivity index (χ0) is 17.6. The molecule has 9 heteroatoms. The van der Waals surface area contributed by atoms with Gasteiger partial charge in [0.25, 0.3) is 5.91 Å². The molecule has 0 fully saturated rings. The number of benzene rings is 1. The van der Waals surface area contributed by atoms with E-state index in [0.717, 1.165) is 0 Å². The lowest BCUT2D eigenvalue weighted by atomic mass is 10.1. The minimum atomic E-state index is -0.681. The molecule has 126 valence electrons. The van der Waals surface area contributed by atoms with E-state index in [1.165, 1.54) is 12.3 Å². The number of H-pyrrole nitrogens is 1. The molecule has 0 aliphatic carbocycles. The lowest BCUT2D eigenvalue weighted by molar-refractivity contribution is 0.0635. The molecule has 2 amide bonds. The van der Waals surface area contributed by atoms with Gasteiger partial charge in [0.2, 0.25) is 0 Å². The summed E-state index contributed by atoms with van der Waals surface area (Å²) >= 11 is 12.5. The van der Waals surface area contributed by atoms with Crippen molar-refractivity contribution in [3.05, 3.63) is 27.4 Å². The third-order valence-corrected chi connectivity index (χ3v) is 3.94. The highest BCUT2D eigenvalue weighted by Gasteiger charge is 2.25. The maximum absolute atomic E-state index is 12.2. The van der Waals surface area contributed by atoms with Crippen LogP contribution in [0, 0.1) is 0 Å². The summed E-state index contributed by atoms with van der Waals surface area (Å²) in [5.41, 5.74) is 3.21. The van der Waals surface area contributed by atoms with E-state index in [4.69, 9.17) is 27.9 Å². The molecule has 7 nitrogen and oxygen atoms in total. The van der Waals surface area contributed by atoms with Crippen molar-refractivity contribution in [1.82, 2.24) is 10.4 Å².